The number of carbonyl (C=O) groups is 1. The lowest BCUT2D eigenvalue weighted by Gasteiger charge is -2.47. The van der Waals surface area contributed by atoms with Gasteiger partial charge < -0.3 is 33.2 Å². The van der Waals surface area contributed by atoms with Crippen LogP contribution in [0.4, 0.5) is 0 Å². The van der Waals surface area contributed by atoms with Crippen LogP contribution < -0.4 is 0 Å². The Morgan fingerprint density at radius 1 is 1.03 bits per heavy atom. The van der Waals surface area contributed by atoms with Gasteiger partial charge in [-0.15, -0.1) is 0 Å². The summed E-state index contributed by atoms with van der Waals surface area (Å²) in [5.74, 6) is -0.944. The van der Waals surface area contributed by atoms with Crippen LogP contribution in [-0.4, -0.2) is 80.4 Å². The fraction of sp³-hybridized carbons (Fsp3) is 0.864. The van der Waals surface area contributed by atoms with Crippen molar-refractivity contribution in [1.82, 2.24) is 0 Å². The molecule has 7 aliphatic heterocycles. The molecule has 7 fully saturated rings. The fourth-order valence-electron chi connectivity index (χ4n) is 6.14. The predicted octanol–water partition coefficient (Wildman–Crippen LogP) is 1.64. The number of hydrogen-bond acceptors (Lipinski definition) is 8. The monoisotopic (exact) mass is 422 g/mol. The van der Waals surface area contributed by atoms with Crippen molar-refractivity contribution in [2.75, 3.05) is 13.7 Å². The number of esters is 1. The minimum Gasteiger partial charge on any atom is -0.469 e. The summed E-state index contributed by atoms with van der Waals surface area (Å²) in [6.45, 7) is 4.67. The Balaban J connectivity index is 1.20. The van der Waals surface area contributed by atoms with Gasteiger partial charge in [0.1, 0.15) is 30.5 Å². The first-order valence-corrected chi connectivity index (χ1v) is 11.2. The molecule has 7 aliphatic rings. The van der Waals surface area contributed by atoms with Crippen LogP contribution in [0.15, 0.2) is 12.2 Å². The summed E-state index contributed by atoms with van der Waals surface area (Å²) in [7, 11) is 1.40. The third-order valence-electron chi connectivity index (χ3n) is 7.54. The second kappa shape index (κ2) is 7.25. The van der Waals surface area contributed by atoms with E-state index in [0.29, 0.717) is 13.0 Å². The van der Waals surface area contributed by atoms with E-state index in [0.717, 1.165) is 37.7 Å². The summed E-state index contributed by atoms with van der Waals surface area (Å²) in [5.41, 5.74) is 1.15. The van der Waals surface area contributed by atoms with Gasteiger partial charge in [-0.25, -0.2) is 0 Å². The first-order valence-electron chi connectivity index (χ1n) is 11.2. The third-order valence-corrected chi connectivity index (χ3v) is 7.54. The molecular formula is C22H30O8. The van der Waals surface area contributed by atoms with Gasteiger partial charge in [0.2, 0.25) is 0 Å². The second-order valence-electron chi connectivity index (χ2n) is 9.56. The Bertz CT molecular complexity index is 726. The quantitative estimate of drug-likeness (QED) is 0.489. The van der Waals surface area contributed by atoms with E-state index in [2.05, 4.69) is 6.58 Å². The molecule has 0 aromatic rings. The van der Waals surface area contributed by atoms with Gasteiger partial charge in [-0.3, -0.25) is 4.79 Å². The Hall–Kier alpha value is -1.03. The van der Waals surface area contributed by atoms with Gasteiger partial charge in [0.15, 0.2) is 5.79 Å². The molecule has 0 aliphatic carbocycles. The van der Waals surface area contributed by atoms with Crippen molar-refractivity contribution in [2.45, 2.75) is 106 Å². The summed E-state index contributed by atoms with van der Waals surface area (Å²) in [6, 6.07) is 0. The highest BCUT2D eigenvalue weighted by Gasteiger charge is 2.68. The molecule has 0 saturated carbocycles. The minimum absolute atomic E-state index is 0.00418. The summed E-state index contributed by atoms with van der Waals surface area (Å²) in [4.78, 5) is 11.8. The van der Waals surface area contributed by atoms with E-state index in [-0.39, 0.29) is 67.3 Å². The smallest absolute Gasteiger partial charge is 0.308 e. The zero-order chi connectivity index (χ0) is 20.5. The number of carbonyl (C=O) groups excluding carboxylic acids is 1. The molecule has 30 heavy (non-hydrogen) atoms. The zero-order valence-corrected chi connectivity index (χ0v) is 17.3. The predicted molar refractivity (Wildman–Crippen MR) is 102 cm³/mol. The highest BCUT2D eigenvalue weighted by molar-refractivity contribution is 5.69. The SMILES string of the molecule is C=C1COC(CC[C@@]23CC4O[C@H]5C(O2)[C@H]2OC(CC(=O)OC)CCC2O[C@H]5C4O3)C1. The van der Waals surface area contributed by atoms with Crippen LogP contribution in [0.2, 0.25) is 0 Å². The van der Waals surface area contributed by atoms with E-state index in [1.165, 1.54) is 7.11 Å². The number of fused-ring (bicyclic) bond motifs is 1. The molecule has 6 bridgehead atoms. The standard InChI is InChI=1S/C22H30O8/c1-11-7-12(25-10-11)5-6-22-9-15-18(29-22)19-20(28-15)21(30-22)17-14(27-19)4-3-13(26-17)8-16(23)24-2/h12-15,17-21H,1,3-10H2,2H3/t12?,13?,14?,15?,17-,18?,19-,20+,21?,22-/m0/s1. The molecule has 7 heterocycles. The highest BCUT2D eigenvalue weighted by Crippen LogP contribution is 2.54. The lowest BCUT2D eigenvalue weighted by atomic mass is 9.87. The summed E-state index contributed by atoms with van der Waals surface area (Å²) < 4.78 is 43.0. The van der Waals surface area contributed by atoms with Crippen molar-refractivity contribution in [3.05, 3.63) is 12.2 Å². The minimum atomic E-state index is -0.687. The van der Waals surface area contributed by atoms with Gasteiger partial charge in [0.05, 0.1) is 44.6 Å². The van der Waals surface area contributed by atoms with Crippen LogP contribution in [0.5, 0.6) is 0 Å². The van der Waals surface area contributed by atoms with Crippen molar-refractivity contribution >= 4 is 5.97 Å². The molecule has 10 atom stereocenters. The van der Waals surface area contributed by atoms with Crippen molar-refractivity contribution < 1.29 is 38.0 Å². The average molecular weight is 422 g/mol. The molecule has 6 unspecified atom stereocenters. The van der Waals surface area contributed by atoms with E-state index in [1.54, 1.807) is 0 Å². The topological polar surface area (TPSA) is 81.7 Å². The molecule has 0 N–H and O–H groups in total. The number of ether oxygens (including phenoxy) is 7. The van der Waals surface area contributed by atoms with Gasteiger partial charge in [0.25, 0.3) is 0 Å². The molecule has 0 amide bonds. The molecule has 7 saturated heterocycles. The molecule has 0 aromatic carbocycles. The highest BCUT2D eigenvalue weighted by atomic mass is 16.8. The Morgan fingerprint density at radius 2 is 1.83 bits per heavy atom. The summed E-state index contributed by atoms with van der Waals surface area (Å²) in [5, 5.41) is 0. The summed E-state index contributed by atoms with van der Waals surface area (Å²) in [6.07, 6.45) is 4.07. The second-order valence-corrected chi connectivity index (χ2v) is 9.56. The van der Waals surface area contributed by atoms with Gasteiger partial charge in [-0.05, 0) is 31.3 Å². The van der Waals surface area contributed by atoms with E-state index in [9.17, 15) is 4.79 Å². The normalized spacial score (nSPS) is 51.1. The molecule has 0 radical (unpaired) electrons. The van der Waals surface area contributed by atoms with Gasteiger partial charge in [0, 0.05) is 12.8 Å². The average Bonchev–Trinajstić information content (AvgIpc) is 3.34. The number of methoxy groups -OCH3 is 1. The van der Waals surface area contributed by atoms with Crippen molar-refractivity contribution in [2.24, 2.45) is 0 Å². The van der Waals surface area contributed by atoms with Crippen LogP contribution in [0, 0.1) is 0 Å². The first kappa shape index (κ1) is 19.6. The first-order chi connectivity index (χ1) is 14.5. The molecule has 8 nitrogen and oxygen atoms in total. The maximum absolute atomic E-state index is 11.8. The van der Waals surface area contributed by atoms with Gasteiger partial charge >= 0.3 is 5.97 Å². The fourth-order valence-corrected chi connectivity index (χ4v) is 6.14. The maximum Gasteiger partial charge on any atom is 0.308 e. The van der Waals surface area contributed by atoms with E-state index < -0.39 is 5.79 Å². The lowest BCUT2D eigenvalue weighted by molar-refractivity contribution is -0.293. The Labute approximate surface area is 176 Å². The van der Waals surface area contributed by atoms with Crippen molar-refractivity contribution in [1.29, 1.82) is 0 Å². The maximum atomic E-state index is 11.8. The van der Waals surface area contributed by atoms with Crippen LogP contribution in [0.1, 0.15) is 44.9 Å². The third kappa shape index (κ3) is 3.15. The van der Waals surface area contributed by atoms with Crippen LogP contribution in [0.25, 0.3) is 0 Å². The van der Waals surface area contributed by atoms with E-state index in [4.69, 9.17) is 33.2 Å². The van der Waals surface area contributed by atoms with Gasteiger partial charge in [-0.1, -0.05) is 6.58 Å². The molecule has 8 heteroatoms. The Kier molecular flexibility index (Phi) is 4.75. The van der Waals surface area contributed by atoms with Crippen LogP contribution in [-0.2, 0) is 38.0 Å². The van der Waals surface area contributed by atoms with E-state index >= 15 is 0 Å². The lowest BCUT2D eigenvalue weighted by Crippen LogP contribution is -2.61. The largest absolute Gasteiger partial charge is 0.469 e. The zero-order valence-electron chi connectivity index (χ0n) is 17.3. The molecule has 0 spiro atoms. The molecule has 166 valence electrons. The number of rotatable bonds is 5. The van der Waals surface area contributed by atoms with Crippen molar-refractivity contribution in [3.63, 3.8) is 0 Å². The Morgan fingerprint density at radius 3 is 2.63 bits per heavy atom. The number of hydrogen-bond donors (Lipinski definition) is 0. The molecule has 0 aromatic heterocycles. The molecule has 7 rings (SSSR count). The molecular weight excluding hydrogens is 392 g/mol. The summed E-state index contributed by atoms with van der Waals surface area (Å²) >= 11 is 0. The van der Waals surface area contributed by atoms with Crippen molar-refractivity contribution in [3.8, 4) is 0 Å². The van der Waals surface area contributed by atoms with Gasteiger partial charge in [-0.2, -0.15) is 0 Å². The van der Waals surface area contributed by atoms with E-state index in [1.807, 2.05) is 0 Å². The van der Waals surface area contributed by atoms with Crippen LogP contribution in [0.3, 0.4) is 0 Å². The van der Waals surface area contributed by atoms with Crippen LogP contribution >= 0.6 is 0 Å².